The molecule has 0 aromatic heterocycles. The largest absolute Gasteiger partial charge is 0.480 e. The average Bonchev–Trinajstić information content (AvgIpc) is 2.07. The monoisotopic (exact) mass is 228 g/mol. The summed E-state index contributed by atoms with van der Waals surface area (Å²) in [6.45, 7) is 3.65. The van der Waals surface area contributed by atoms with Crippen LogP contribution in [0.3, 0.4) is 0 Å². The van der Waals surface area contributed by atoms with Crippen LogP contribution >= 0.6 is 0 Å². The summed E-state index contributed by atoms with van der Waals surface area (Å²) in [5.41, 5.74) is 1.81. The van der Waals surface area contributed by atoms with Gasteiger partial charge in [-0.2, -0.15) is 0 Å². The molecule has 0 amide bonds. The molecule has 0 fully saturated rings. The van der Waals surface area contributed by atoms with Gasteiger partial charge in [0.05, 0.1) is 4.90 Å². The van der Waals surface area contributed by atoms with Crippen molar-refractivity contribution in [3.63, 3.8) is 0 Å². The molecule has 1 N–H and O–H groups in total. The van der Waals surface area contributed by atoms with Gasteiger partial charge in [0.15, 0.2) is 15.6 Å². The van der Waals surface area contributed by atoms with Gasteiger partial charge in [0.2, 0.25) is 0 Å². The van der Waals surface area contributed by atoms with Crippen molar-refractivity contribution in [2.24, 2.45) is 0 Å². The molecule has 0 radical (unpaired) electrons. The fraction of sp³-hybridized carbons (Fsp3) is 0.300. The Hall–Kier alpha value is -1.36. The molecule has 1 aromatic rings. The lowest BCUT2D eigenvalue weighted by molar-refractivity contribution is -0.134. The van der Waals surface area contributed by atoms with E-state index in [0.29, 0.717) is 0 Å². The molecule has 0 aliphatic carbocycles. The van der Waals surface area contributed by atoms with E-state index < -0.39 is 21.6 Å². The van der Waals surface area contributed by atoms with Crippen molar-refractivity contribution in [2.45, 2.75) is 18.7 Å². The Balaban J connectivity index is 3.17. The van der Waals surface area contributed by atoms with Crippen LogP contribution < -0.4 is 0 Å². The molecule has 0 saturated heterocycles. The van der Waals surface area contributed by atoms with Gasteiger partial charge < -0.3 is 5.11 Å². The third kappa shape index (κ3) is 2.79. The lowest BCUT2D eigenvalue weighted by Crippen LogP contribution is -2.15. The van der Waals surface area contributed by atoms with Crippen molar-refractivity contribution in [1.29, 1.82) is 0 Å². The molecule has 0 aliphatic rings. The summed E-state index contributed by atoms with van der Waals surface area (Å²) < 4.78 is 23.1. The summed E-state index contributed by atoms with van der Waals surface area (Å²) in [6.07, 6.45) is 0. The molecule has 15 heavy (non-hydrogen) atoms. The van der Waals surface area contributed by atoms with E-state index in [0.717, 1.165) is 11.1 Å². The maximum Gasteiger partial charge on any atom is 0.319 e. The highest BCUT2D eigenvalue weighted by molar-refractivity contribution is 7.92. The van der Waals surface area contributed by atoms with Gasteiger partial charge in [0.1, 0.15) is 0 Å². The number of carboxylic acid groups (broad SMARTS) is 1. The van der Waals surface area contributed by atoms with Crippen LogP contribution in [-0.4, -0.2) is 25.2 Å². The molecule has 0 bridgehead atoms. The standard InChI is InChI=1S/C10H12O4S/c1-7-3-4-9(5-8(7)2)15(13,14)6-10(11)12/h3-5H,6H2,1-2H3,(H,11,12). The van der Waals surface area contributed by atoms with Crippen molar-refractivity contribution < 1.29 is 18.3 Å². The molecule has 4 nitrogen and oxygen atoms in total. The average molecular weight is 228 g/mol. The van der Waals surface area contributed by atoms with E-state index >= 15 is 0 Å². The summed E-state index contributed by atoms with van der Waals surface area (Å²) in [6, 6.07) is 4.60. The third-order valence-corrected chi connectivity index (χ3v) is 3.75. The zero-order valence-electron chi connectivity index (χ0n) is 8.52. The Morgan fingerprint density at radius 2 is 1.87 bits per heavy atom. The van der Waals surface area contributed by atoms with Crippen LogP contribution in [0, 0.1) is 13.8 Å². The Kier molecular flexibility index (Phi) is 3.14. The number of aryl methyl sites for hydroxylation is 2. The molecule has 82 valence electrons. The maximum absolute atomic E-state index is 11.5. The van der Waals surface area contributed by atoms with Gasteiger partial charge in [-0.25, -0.2) is 8.42 Å². The molecular weight excluding hydrogens is 216 g/mol. The van der Waals surface area contributed by atoms with E-state index in [9.17, 15) is 13.2 Å². The topological polar surface area (TPSA) is 71.4 Å². The van der Waals surface area contributed by atoms with Gasteiger partial charge >= 0.3 is 5.97 Å². The number of hydrogen-bond acceptors (Lipinski definition) is 3. The highest BCUT2D eigenvalue weighted by Gasteiger charge is 2.18. The van der Waals surface area contributed by atoms with Gasteiger partial charge in [0, 0.05) is 0 Å². The van der Waals surface area contributed by atoms with Crippen LogP contribution in [0.1, 0.15) is 11.1 Å². The summed E-state index contributed by atoms with van der Waals surface area (Å²) in [5, 5.41) is 8.46. The number of hydrogen-bond donors (Lipinski definition) is 1. The lowest BCUT2D eigenvalue weighted by atomic mass is 10.1. The third-order valence-electron chi connectivity index (χ3n) is 2.15. The van der Waals surface area contributed by atoms with E-state index in [-0.39, 0.29) is 4.90 Å². The minimum absolute atomic E-state index is 0.0630. The SMILES string of the molecule is Cc1ccc(S(=O)(=O)CC(=O)O)cc1C. The van der Waals surface area contributed by atoms with Crippen molar-refractivity contribution in [2.75, 3.05) is 5.75 Å². The second-order valence-corrected chi connectivity index (χ2v) is 5.39. The molecule has 0 atom stereocenters. The van der Waals surface area contributed by atoms with Crippen LogP contribution in [0.5, 0.6) is 0 Å². The van der Waals surface area contributed by atoms with Crippen LogP contribution in [0.4, 0.5) is 0 Å². The van der Waals surface area contributed by atoms with Gasteiger partial charge in [-0.3, -0.25) is 4.79 Å². The molecular formula is C10H12O4S. The van der Waals surface area contributed by atoms with E-state index in [2.05, 4.69) is 0 Å². The van der Waals surface area contributed by atoms with Crippen molar-refractivity contribution in [3.05, 3.63) is 29.3 Å². The van der Waals surface area contributed by atoms with E-state index in [1.54, 1.807) is 13.0 Å². The molecule has 0 heterocycles. The first kappa shape index (κ1) is 11.7. The first-order chi connectivity index (χ1) is 6.83. The number of rotatable bonds is 3. The van der Waals surface area contributed by atoms with Crippen molar-refractivity contribution in [3.8, 4) is 0 Å². The highest BCUT2D eigenvalue weighted by Crippen LogP contribution is 2.15. The quantitative estimate of drug-likeness (QED) is 0.842. The summed E-state index contributed by atoms with van der Waals surface area (Å²) in [5.74, 6) is -2.21. The maximum atomic E-state index is 11.5. The predicted octanol–water partition coefficient (Wildman–Crippen LogP) is 1.16. The van der Waals surface area contributed by atoms with Gasteiger partial charge in [-0.1, -0.05) is 6.07 Å². The van der Waals surface area contributed by atoms with E-state index in [4.69, 9.17) is 5.11 Å². The van der Waals surface area contributed by atoms with E-state index in [1.807, 2.05) is 6.92 Å². The first-order valence-corrected chi connectivity index (χ1v) is 6.00. The Bertz CT molecular complexity index is 488. The first-order valence-electron chi connectivity index (χ1n) is 4.35. The minimum Gasteiger partial charge on any atom is -0.480 e. The van der Waals surface area contributed by atoms with E-state index in [1.165, 1.54) is 12.1 Å². The molecule has 0 spiro atoms. The molecule has 0 saturated carbocycles. The Labute approximate surface area is 88.5 Å². The second-order valence-electron chi connectivity index (χ2n) is 3.40. The zero-order chi connectivity index (χ0) is 11.6. The highest BCUT2D eigenvalue weighted by atomic mass is 32.2. The fourth-order valence-corrected chi connectivity index (χ4v) is 2.28. The number of sulfone groups is 1. The summed E-state index contributed by atoms with van der Waals surface area (Å²) in [4.78, 5) is 10.4. The van der Waals surface area contributed by atoms with Crippen LogP contribution in [0.2, 0.25) is 0 Å². The van der Waals surface area contributed by atoms with Crippen LogP contribution in [0.15, 0.2) is 23.1 Å². The smallest absolute Gasteiger partial charge is 0.319 e. The molecule has 1 rings (SSSR count). The van der Waals surface area contributed by atoms with Gasteiger partial charge in [-0.05, 0) is 37.1 Å². The summed E-state index contributed by atoms with van der Waals surface area (Å²) >= 11 is 0. The number of benzene rings is 1. The zero-order valence-corrected chi connectivity index (χ0v) is 9.34. The molecule has 0 aliphatic heterocycles. The normalized spacial score (nSPS) is 11.3. The Morgan fingerprint density at radius 1 is 1.27 bits per heavy atom. The number of carbonyl (C=O) groups is 1. The fourth-order valence-electron chi connectivity index (χ4n) is 1.15. The molecule has 0 unspecified atom stereocenters. The number of aliphatic carboxylic acids is 1. The Morgan fingerprint density at radius 3 is 2.33 bits per heavy atom. The number of carboxylic acids is 1. The van der Waals surface area contributed by atoms with Gasteiger partial charge in [-0.15, -0.1) is 0 Å². The van der Waals surface area contributed by atoms with Crippen LogP contribution in [-0.2, 0) is 14.6 Å². The van der Waals surface area contributed by atoms with Gasteiger partial charge in [0.25, 0.3) is 0 Å². The van der Waals surface area contributed by atoms with Crippen LogP contribution in [0.25, 0.3) is 0 Å². The van der Waals surface area contributed by atoms with Crippen molar-refractivity contribution >= 4 is 15.8 Å². The lowest BCUT2D eigenvalue weighted by Gasteiger charge is -2.04. The second kappa shape index (κ2) is 4.02. The molecule has 1 aromatic carbocycles. The predicted molar refractivity (Wildman–Crippen MR) is 55.6 cm³/mol. The minimum atomic E-state index is -3.70. The summed E-state index contributed by atoms with van der Waals surface area (Å²) in [7, 11) is -3.70. The molecule has 5 heteroatoms. The van der Waals surface area contributed by atoms with Crippen molar-refractivity contribution in [1.82, 2.24) is 0 Å².